The van der Waals surface area contributed by atoms with E-state index in [-0.39, 0.29) is 5.91 Å². The van der Waals surface area contributed by atoms with Crippen LogP contribution in [0.15, 0.2) is 60.7 Å². The van der Waals surface area contributed by atoms with Crippen LogP contribution in [0.5, 0.6) is 11.5 Å². The van der Waals surface area contributed by atoms with Gasteiger partial charge in [-0.3, -0.25) is 4.79 Å². The molecule has 0 atom stereocenters. The summed E-state index contributed by atoms with van der Waals surface area (Å²) < 4.78 is 6.08. The van der Waals surface area contributed by atoms with Crippen molar-refractivity contribution in [3.8, 4) is 22.6 Å². The summed E-state index contributed by atoms with van der Waals surface area (Å²) in [5, 5.41) is 17.1. The van der Waals surface area contributed by atoms with Crippen molar-refractivity contribution in [2.75, 3.05) is 25.5 Å². The van der Waals surface area contributed by atoms with Crippen LogP contribution in [0.1, 0.15) is 34.3 Å². The largest absolute Gasteiger partial charge is 0.457 e. The predicted molar refractivity (Wildman–Crippen MR) is 136 cm³/mol. The van der Waals surface area contributed by atoms with Crippen molar-refractivity contribution in [3.05, 3.63) is 77.4 Å². The summed E-state index contributed by atoms with van der Waals surface area (Å²) in [6.07, 6.45) is 3.47. The molecule has 0 aromatic heterocycles. The van der Waals surface area contributed by atoms with E-state index in [4.69, 9.17) is 10.1 Å². The van der Waals surface area contributed by atoms with Crippen molar-refractivity contribution in [1.29, 1.82) is 5.41 Å². The molecule has 0 bridgehead atoms. The number of carbonyl (C=O) groups is 1. The van der Waals surface area contributed by atoms with Crippen LogP contribution in [0.3, 0.4) is 0 Å². The fourth-order valence-corrected chi connectivity index (χ4v) is 5.03. The maximum absolute atomic E-state index is 12.8. The molecule has 0 radical (unpaired) electrons. The van der Waals surface area contributed by atoms with Gasteiger partial charge in [-0.1, -0.05) is 24.3 Å². The average molecular weight is 455 g/mol. The highest BCUT2D eigenvalue weighted by Crippen LogP contribution is 2.44. The van der Waals surface area contributed by atoms with Crippen molar-refractivity contribution in [2.24, 2.45) is 5.41 Å². The lowest BCUT2D eigenvalue weighted by Crippen LogP contribution is -2.65. The summed E-state index contributed by atoms with van der Waals surface area (Å²) >= 11 is 0. The van der Waals surface area contributed by atoms with E-state index in [2.05, 4.69) is 22.0 Å². The minimum absolute atomic E-state index is 0.0157. The molecule has 4 N–H and O–H groups in total. The maximum atomic E-state index is 12.8. The van der Waals surface area contributed by atoms with E-state index >= 15 is 0 Å². The molecule has 1 saturated carbocycles. The zero-order valence-corrected chi connectivity index (χ0v) is 19.6. The summed E-state index contributed by atoms with van der Waals surface area (Å²) in [6, 6.07) is 19.8. The Morgan fingerprint density at radius 3 is 2.50 bits per heavy atom. The van der Waals surface area contributed by atoms with Crippen LogP contribution in [0.4, 0.5) is 5.69 Å². The average Bonchev–Trinajstić information content (AvgIpc) is 2.79. The molecular weight excluding hydrogens is 424 g/mol. The monoisotopic (exact) mass is 454 g/mol. The van der Waals surface area contributed by atoms with Gasteiger partial charge in [-0.05, 0) is 72.2 Å². The number of benzene rings is 3. The van der Waals surface area contributed by atoms with Gasteiger partial charge in [-0.2, -0.15) is 0 Å². The molecule has 174 valence electrons. The molecule has 2 aliphatic rings. The number of carbonyl (C=O) groups excluding carboxylic acids is 1. The molecule has 1 aliphatic heterocycles. The van der Waals surface area contributed by atoms with Crippen molar-refractivity contribution >= 4 is 17.8 Å². The molecule has 1 aliphatic carbocycles. The second kappa shape index (κ2) is 8.95. The third-order valence-corrected chi connectivity index (χ3v) is 7.02. The van der Waals surface area contributed by atoms with Gasteiger partial charge in [0.2, 0.25) is 0 Å². The molecule has 34 heavy (non-hydrogen) atoms. The Morgan fingerprint density at radius 2 is 1.82 bits per heavy atom. The molecule has 0 unspecified atom stereocenters. The van der Waals surface area contributed by atoms with E-state index in [9.17, 15) is 4.79 Å². The summed E-state index contributed by atoms with van der Waals surface area (Å²) in [4.78, 5) is 12.8. The number of rotatable bonds is 7. The number of hydrogen-bond donors (Lipinski definition) is 4. The van der Waals surface area contributed by atoms with Gasteiger partial charge in [0.15, 0.2) is 0 Å². The van der Waals surface area contributed by atoms with Gasteiger partial charge in [0.1, 0.15) is 11.5 Å². The van der Waals surface area contributed by atoms with Crippen LogP contribution in [0.25, 0.3) is 11.1 Å². The number of aryl methyl sites for hydroxylation is 1. The molecule has 1 saturated heterocycles. The topological polar surface area (TPSA) is 86.2 Å². The number of hydrogen-bond acceptors (Lipinski definition) is 5. The van der Waals surface area contributed by atoms with E-state index in [1.165, 1.54) is 6.21 Å². The third kappa shape index (κ3) is 4.29. The lowest BCUT2D eigenvalue weighted by Gasteiger charge is -2.54. The van der Waals surface area contributed by atoms with Gasteiger partial charge < -0.3 is 26.1 Å². The van der Waals surface area contributed by atoms with Crippen LogP contribution in [-0.4, -0.2) is 38.3 Å². The van der Waals surface area contributed by atoms with Gasteiger partial charge in [-0.15, -0.1) is 0 Å². The molecular formula is C28H30N4O2. The van der Waals surface area contributed by atoms with Crippen LogP contribution in [-0.2, 0) is 0 Å². The Balaban J connectivity index is 1.28. The van der Waals surface area contributed by atoms with E-state index in [0.29, 0.717) is 17.2 Å². The van der Waals surface area contributed by atoms with Crippen molar-refractivity contribution in [3.63, 3.8) is 0 Å². The first kappa shape index (κ1) is 22.2. The van der Waals surface area contributed by atoms with Gasteiger partial charge in [0.25, 0.3) is 5.91 Å². The quantitative estimate of drug-likeness (QED) is 0.380. The van der Waals surface area contributed by atoms with E-state index in [1.54, 1.807) is 0 Å². The number of amides is 1. The van der Waals surface area contributed by atoms with Crippen LogP contribution in [0.2, 0.25) is 0 Å². The Morgan fingerprint density at radius 1 is 1.06 bits per heavy atom. The van der Waals surface area contributed by atoms with Gasteiger partial charge in [0, 0.05) is 55.3 Å². The normalized spacial score (nSPS) is 16.3. The van der Waals surface area contributed by atoms with Crippen LogP contribution in [0, 0.1) is 17.7 Å². The highest BCUT2D eigenvalue weighted by molar-refractivity contribution is 5.96. The van der Waals surface area contributed by atoms with E-state index < -0.39 is 0 Å². The molecule has 5 rings (SSSR count). The predicted octanol–water partition coefficient (Wildman–Crippen LogP) is 4.98. The second-order valence-electron chi connectivity index (χ2n) is 9.49. The fraction of sp³-hybridized carbons (Fsp3) is 0.286. The van der Waals surface area contributed by atoms with Crippen molar-refractivity contribution in [2.45, 2.75) is 25.8 Å². The lowest BCUT2D eigenvalue weighted by molar-refractivity contribution is 0.0232. The highest BCUT2D eigenvalue weighted by Gasteiger charge is 2.48. The standard InChI is InChI=1S/C28H30N4O2/c1-18-10-20(7-9-25(18)27(33)32-22-13-28(14-22)16-31-17-28)19-4-3-5-23(11-19)34-24-8-6-21(15-29)26(12-24)30-2/h3-12,15,22,29-31H,13-14,16-17H2,1-2H3,(H,32,33). The Labute approximate surface area is 200 Å². The van der Waals surface area contributed by atoms with Crippen molar-refractivity contribution in [1.82, 2.24) is 10.6 Å². The third-order valence-electron chi connectivity index (χ3n) is 7.02. The second-order valence-corrected chi connectivity index (χ2v) is 9.49. The molecule has 1 amide bonds. The molecule has 3 aromatic carbocycles. The summed E-state index contributed by atoms with van der Waals surface area (Å²) in [5.41, 5.74) is 5.85. The highest BCUT2D eigenvalue weighted by atomic mass is 16.5. The van der Waals surface area contributed by atoms with Gasteiger partial charge in [0.05, 0.1) is 0 Å². The molecule has 6 nitrogen and oxygen atoms in total. The Hall–Kier alpha value is -3.64. The zero-order chi connectivity index (χ0) is 23.7. The fourth-order valence-electron chi connectivity index (χ4n) is 5.03. The lowest BCUT2D eigenvalue weighted by atomic mass is 9.61. The van der Waals surface area contributed by atoms with Crippen LogP contribution >= 0.6 is 0 Å². The smallest absolute Gasteiger partial charge is 0.251 e. The minimum atomic E-state index is 0.0157. The molecule has 1 heterocycles. The summed E-state index contributed by atoms with van der Waals surface area (Å²) in [5.74, 6) is 1.44. The molecule has 3 aromatic rings. The van der Waals surface area contributed by atoms with E-state index in [0.717, 1.165) is 65.2 Å². The first-order chi connectivity index (χ1) is 16.5. The number of nitrogens with one attached hydrogen (secondary N) is 4. The zero-order valence-electron chi connectivity index (χ0n) is 19.6. The summed E-state index contributed by atoms with van der Waals surface area (Å²) in [6.45, 7) is 4.16. The Bertz CT molecular complexity index is 1240. The van der Waals surface area contributed by atoms with Gasteiger partial charge >= 0.3 is 0 Å². The van der Waals surface area contributed by atoms with Crippen LogP contribution < -0.4 is 20.7 Å². The SMILES string of the molecule is CNc1cc(Oc2cccc(-c3ccc(C(=O)NC4CC5(CNC5)C4)c(C)c3)c2)ccc1C=N. The first-order valence-corrected chi connectivity index (χ1v) is 11.7. The Kier molecular flexibility index (Phi) is 5.84. The molecule has 1 spiro atoms. The van der Waals surface area contributed by atoms with Crippen molar-refractivity contribution < 1.29 is 9.53 Å². The first-order valence-electron chi connectivity index (χ1n) is 11.7. The van der Waals surface area contributed by atoms with Gasteiger partial charge in [-0.25, -0.2) is 0 Å². The maximum Gasteiger partial charge on any atom is 0.251 e. The minimum Gasteiger partial charge on any atom is -0.457 e. The number of anilines is 1. The van der Waals surface area contributed by atoms with E-state index in [1.807, 2.05) is 68.6 Å². The molecule has 6 heteroatoms. The molecule has 2 fully saturated rings. The number of ether oxygens (including phenoxy) is 1. The summed E-state index contributed by atoms with van der Waals surface area (Å²) in [7, 11) is 1.83.